The third-order valence-corrected chi connectivity index (χ3v) is 8.88. The highest BCUT2D eigenvalue weighted by Crippen LogP contribution is 2.46. The van der Waals surface area contributed by atoms with Gasteiger partial charge in [0.2, 0.25) is 0 Å². The number of carbonyl (C=O) groups excluding carboxylic acids is 2. The van der Waals surface area contributed by atoms with E-state index < -0.39 is 17.7 Å². The second-order valence-corrected chi connectivity index (χ2v) is 12.1. The summed E-state index contributed by atoms with van der Waals surface area (Å²) >= 11 is 1.33. The predicted molar refractivity (Wildman–Crippen MR) is 167 cm³/mol. The molecule has 3 heterocycles. The predicted octanol–water partition coefficient (Wildman–Crippen LogP) is 7.13. The number of thiazole rings is 1. The van der Waals surface area contributed by atoms with E-state index in [1.807, 2.05) is 44.2 Å². The second-order valence-electron chi connectivity index (χ2n) is 11.1. The number of fused-ring (bicyclic) bond motifs is 2. The Bertz CT molecular complexity index is 1760. The van der Waals surface area contributed by atoms with E-state index in [-0.39, 0.29) is 17.4 Å². The molecule has 6 rings (SSSR count). The van der Waals surface area contributed by atoms with Gasteiger partial charge in [0.05, 0.1) is 35.5 Å². The Labute approximate surface area is 254 Å². The number of anilines is 1. The summed E-state index contributed by atoms with van der Waals surface area (Å²) in [5.41, 5.74) is 3.76. The number of methoxy groups -OCH3 is 1. The minimum Gasteiger partial charge on any atom is -0.507 e. The quantitative estimate of drug-likeness (QED) is 0.0947. The summed E-state index contributed by atoms with van der Waals surface area (Å²) < 4.78 is 18.4. The van der Waals surface area contributed by atoms with Gasteiger partial charge in [0.25, 0.3) is 5.78 Å². The number of ether oxygens (including phenoxy) is 3. The van der Waals surface area contributed by atoms with Crippen LogP contribution in [0.3, 0.4) is 0 Å². The van der Waals surface area contributed by atoms with Crippen molar-refractivity contribution in [1.29, 1.82) is 0 Å². The number of aromatic nitrogens is 1. The molecule has 3 aromatic carbocycles. The van der Waals surface area contributed by atoms with Crippen LogP contribution in [-0.2, 0) is 16.0 Å². The van der Waals surface area contributed by atoms with Crippen LogP contribution < -0.4 is 19.1 Å². The molecule has 0 bridgehead atoms. The average molecular weight is 599 g/mol. The first-order valence-corrected chi connectivity index (χ1v) is 15.4. The van der Waals surface area contributed by atoms with Crippen molar-refractivity contribution in [2.24, 2.45) is 0 Å². The van der Waals surface area contributed by atoms with Gasteiger partial charge in [0, 0.05) is 12.0 Å². The zero-order chi connectivity index (χ0) is 30.2. The summed E-state index contributed by atoms with van der Waals surface area (Å²) in [6.45, 7) is 6.66. The van der Waals surface area contributed by atoms with Gasteiger partial charge in [0.15, 0.2) is 16.6 Å². The van der Waals surface area contributed by atoms with Crippen molar-refractivity contribution in [3.05, 3.63) is 82.4 Å². The van der Waals surface area contributed by atoms with Crippen molar-refractivity contribution in [2.75, 3.05) is 18.6 Å². The standard InChI is InChI=1S/C34H34N2O6S/c1-5-6-7-14-41-26-13-9-21(18-27(26)40-4)30-29(31(37)22-10-12-25-23(17-22)16-20(3)42-25)32(38)33(39)36(30)34-35-24-11-8-19(2)15-28(24)43-34/h8-13,15,17-18,20,30,37H,5-7,14,16H2,1-4H3/b31-29-. The van der Waals surface area contributed by atoms with Gasteiger partial charge in [-0.2, -0.15) is 0 Å². The molecule has 8 nitrogen and oxygen atoms in total. The van der Waals surface area contributed by atoms with Crippen molar-refractivity contribution in [3.8, 4) is 17.2 Å². The normalized spacial score (nSPS) is 19.1. The number of unbranched alkanes of at least 4 members (excludes halogenated alkanes) is 2. The van der Waals surface area contributed by atoms with E-state index in [9.17, 15) is 14.7 Å². The Kier molecular flexibility index (Phi) is 7.83. The van der Waals surface area contributed by atoms with Crippen LogP contribution in [0.4, 0.5) is 5.13 Å². The summed E-state index contributed by atoms with van der Waals surface area (Å²) in [6, 6.07) is 15.6. The molecular formula is C34H34N2O6S. The number of rotatable bonds is 9. The van der Waals surface area contributed by atoms with Gasteiger partial charge < -0.3 is 19.3 Å². The monoisotopic (exact) mass is 598 g/mol. The highest BCUT2D eigenvalue weighted by atomic mass is 32.1. The SMILES string of the molecule is CCCCCOc1ccc(C2/C(=C(/O)c3ccc4c(c3)CC(C)O4)C(=O)C(=O)N2c2nc3ccc(C)cc3s2)cc1OC. The summed E-state index contributed by atoms with van der Waals surface area (Å²) in [5, 5.41) is 12.1. The Balaban J connectivity index is 1.48. The fraction of sp³-hybridized carbons (Fsp3) is 0.324. The van der Waals surface area contributed by atoms with E-state index in [1.54, 1.807) is 31.4 Å². The van der Waals surface area contributed by atoms with Crippen LogP contribution in [0.2, 0.25) is 0 Å². The summed E-state index contributed by atoms with van der Waals surface area (Å²) in [7, 11) is 1.55. The third kappa shape index (κ3) is 5.33. The van der Waals surface area contributed by atoms with E-state index >= 15 is 0 Å². The van der Waals surface area contributed by atoms with Gasteiger partial charge >= 0.3 is 5.91 Å². The lowest BCUT2D eigenvalue weighted by Crippen LogP contribution is -2.29. The maximum Gasteiger partial charge on any atom is 0.301 e. The second kappa shape index (κ2) is 11.7. The van der Waals surface area contributed by atoms with Crippen molar-refractivity contribution in [1.82, 2.24) is 4.98 Å². The molecule has 2 unspecified atom stereocenters. The van der Waals surface area contributed by atoms with Crippen LogP contribution >= 0.6 is 11.3 Å². The molecule has 0 spiro atoms. The fourth-order valence-corrected chi connectivity index (χ4v) is 6.79. The number of aliphatic hydroxyl groups is 1. The van der Waals surface area contributed by atoms with Gasteiger partial charge in [0.1, 0.15) is 17.6 Å². The number of amides is 1. The number of hydrogen-bond acceptors (Lipinski definition) is 8. The lowest BCUT2D eigenvalue weighted by atomic mass is 9.94. The number of aryl methyl sites for hydroxylation is 1. The Morgan fingerprint density at radius 3 is 2.72 bits per heavy atom. The molecule has 2 atom stereocenters. The molecule has 2 aliphatic heterocycles. The molecular weight excluding hydrogens is 564 g/mol. The first-order chi connectivity index (χ1) is 20.8. The maximum atomic E-state index is 13.8. The zero-order valence-corrected chi connectivity index (χ0v) is 25.5. The molecule has 4 aromatic rings. The minimum absolute atomic E-state index is 0.00832. The van der Waals surface area contributed by atoms with Gasteiger partial charge in [-0.15, -0.1) is 0 Å². The molecule has 43 heavy (non-hydrogen) atoms. The first-order valence-electron chi connectivity index (χ1n) is 14.6. The molecule has 1 fully saturated rings. The van der Waals surface area contributed by atoms with Crippen LogP contribution in [-0.4, -0.2) is 41.6 Å². The van der Waals surface area contributed by atoms with Crippen LogP contribution in [0.1, 0.15) is 61.4 Å². The number of Topliss-reactive ketones (excluding diaryl/α,β-unsaturated/α-hetero) is 1. The molecule has 0 radical (unpaired) electrons. The number of benzene rings is 3. The molecule has 0 saturated carbocycles. The van der Waals surface area contributed by atoms with Crippen molar-refractivity contribution >= 4 is 44.1 Å². The van der Waals surface area contributed by atoms with Gasteiger partial charge in [-0.05, 0) is 79.4 Å². The summed E-state index contributed by atoms with van der Waals surface area (Å²) in [4.78, 5) is 33.6. The van der Waals surface area contributed by atoms with Crippen LogP contribution in [0.15, 0.2) is 60.2 Å². The van der Waals surface area contributed by atoms with Crippen LogP contribution in [0, 0.1) is 6.92 Å². The number of nitrogens with zero attached hydrogens (tertiary/aromatic N) is 2. The van der Waals surface area contributed by atoms with Gasteiger partial charge in [-0.25, -0.2) is 4.98 Å². The van der Waals surface area contributed by atoms with Gasteiger partial charge in [-0.1, -0.05) is 43.2 Å². The molecule has 2 aliphatic rings. The highest BCUT2D eigenvalue weighted by molar-refractivity contribution is 7.22. The van der Waals surface area contributed by atoms with E-state index in [2.05, 4.69) is 6.92 Å². The topological polar surface area (TPSA) is 98.2 Å². The fourth-order valence-electron chi connectivity index (χ4n) is 5.70. The van der Waals surface area contributed by atoms with Crippen molar-refractivity contribution in [2.45, 2.75) is 58.6 Å². The van der Waals surface area contributed by atoms with Crippen LogP contribution in [0.5, 0.6) is 17.2 Å². The maximum absolute atomic E-state index is 13.8. The molecule has 1 N–H and O–H groups in total. The minimum atomic E-state index is -0.937. The highest BCUT2D eigenvalue weighted by Gasteiger charge is 2.48. The Hall–Kier alpha value is -4.37. The van der Waals surface area contributed by atoms with Crippen molar-refractivity contribution < 1.29 is 28.9 Å². The number of carbonyl (C=O) groups is 2. The average Bonchev–Trinajstić information content (AvgIpc) is 3.66. The molecule has 222 valence electrons. The Morgan fingerprint density at radius 2 is 1.93 bits per heavy atom. The molecule has 9 heteroatoms. The lowest BCUT2D eigenvalue weighted by molar-refractivity contribution is -0.132. The molecule has 1 aromatic heterocycles. The zero-order valence-electron chi connectivity index (χ0n) is 24.7. The summed E-state index contributed by atoms with van der Waals surface area (Å²) in [5.74, 6) is 0.0287. The van der Waals surface area contributed by atoms with E-state index in [0.29, 0.717) is 40.8 Å². The number of aliphatic hydroxyl groups excluding tert-OH is 1. The Morgan fingerprint density at radius 1 is 1.09 bits per heavy atom. The summed E-state index contributed by atoms with van der Waals surface area (Å²) in [6.07, 6.45) is 3.78. The van der Waals surface area contributed by atoms with E-state index in [0.717, 1.165) is 46.4 Å². The molecule has 0 aliphatic carbocycles. The third-order valence-electron chi connectivity index (χ3n) is 7.86. The van der Waals surface area contributed by atoms with E-state index in [1.165, 1.54) is 16.2 Å². The first kappa shape index (κ1) is 28.7. The van der Waals surface area contributed by atoms with Crippen LogP contribution in [0.25, 0.3) is 16.0 Å². The molecule has 1 saturated heterocycles. The number of ketones is 1. The number of hydrogen-bond donors (Lipinski definition) is 1. The van der Waals surface area contributed by atoms with Gasteiger partial charge in [-0.3, -0.25) is 14.5 Å². The smallest absolute Gasteiger partial charge is 0.301 e. The van der Waals surface area contributed by atoms with Crippen molar-refractivity contribution in [3.63, 3.8) is 0 Å². The van der Waals surface area contributed by atoms with E-state index in [4.69, 9.17) is 19.2 Å². The lowest BCUT2D eigenvalue weighted by Gasteiger charge is -2.24. The largest absolute Gasteiger partial charge is 0.507 e. The molecule has 1 amide bonds.